The Morgan fingerprint density at radius 2 is 1.60 bits per heavy atom. The molecule has 0 unspecified atom stereocenters. The number of pyridine rings is 1. The largest absolute Gasteiger partial charge is 0.494 e. The van der Waals surface area contributed by atoms with Crippen LogP contribution in [0.15, 0.2) is 34.9 Å². The molecule has 106 valence electrons. The highest BCUT2D eigenvalue weighted by Crippen LogP contribution is 2.38. The summed E-state index contributed by atoms with van der Waals surface area (Å²) in [6.07, 6.45) is 1.72. The van der Waals surface area contributed by atoms with Crippen molar-refractivity contribution in [1.29, 1.82) is 0 Å². The molecule has 0 radical (unpaired) electrons. The Balaban J connectivity index is 2.36. The van der Waals surface area contributed by atoms with Gasteiger partial charge in [0.2, 0.25) is 0 Å². The molecule has 1 aromatic carbocycles. The minimum atomic E-state index is 0.610. The molecule has 0 aliphatic rings. The Bertz CT molecular complexity index is 588. The van der Waals surface area contributed by atoms with Gasteiger partial charge in [-0.15, -0.1) is 0 Å². The lowest BCUT2D eigenvalue weighted by atomic mass is 10.2. The first-order valence-corrected chi connectivity index (χ1v) is 6.65. The van der Waals surface area contributed by atoms with Gasteiger partial charge < -0.3 is 19.5 Å². The van der Waals surface area contributed by atoms with Crippen molar-refractivity contribution < 1.29 is 14.2 Å². The number of rotatable bonds is 5. The third kappa shape index (κ3) is 3.14. The molecule has 0 bridgehead atoms. The molecule has 1 aromatic heterocycles. The number of ether oxygens (including phenoxy) is 3. The van der Waals surface area contributed by atoms with Crippen molar-refractivity contribution in [2.24, 2.45) is 0 Å². The fourth-order valence-electron chi connectivity index (χ4n) is 1.71. The van der Waals surface area contributed by atoms with Crippen LogP contribution in [0.25, 0.3) is 0 Å². The molecule has 6 heteroatoms. The van der Waals surface area contributed by atoms with Gasteiger partial charge in [0.15, 0.2) is 11.5 Å². The van der Waals surface area contributed by atoms with Crippen molar-refractivity contribution in [3.8, 4) is 17.2 Å². The molecule has 20 heavy (non-hydrogen) atoms. The summed E-state index contributed by atoms with van der Waals surface area (Å²) < 4.78 is 16.8. The third-order valence-corrected chi connectivity index (χ3v) is 3.16. The first-order valence-electron chi connectivity index (χ1n) is 5.86. The number of hydrogen-bond acceptors (Lipinski definition) is 5. The number of nitrogens with one attached hydrogen (secondary N) is 1. The first-order chi connectivity index (χ1) is 9.67. The maximum absolute atomic E-state index is 5.35. The monoisotopic (exact) mass is 338 g/mol. The van der Waals surface area contributed by atoms with Crippen molar-refractivity contribution >= 4 is 27.4 Å². The Morgan fingerprint density at radius 1 is 0.950 bits per heavy atom. The SMILES string of the molecule is COc1cc(OC)c(OC)cc1Nc1ccc(Br)cn1. The quantitative estimate of drug-likeness (QED) is 0.902. The van der Waals surface area contributed by atoms with Crippen LogP contribution < -0.4 is 19.5 Å². The van der Waals surface area contributed by atoms with Crippen LogP contribution in [-0.4, -0.2) is 26.3 Å². The number of halogens is 1. The van der Waals surface area contributed by atoms with Gasteiger partial charge >= 0.3 is 0 Å². The summed E-state index contributed by atoms with van der Waals surface area (Å²) in [6.45, 7) is 0. The van der Waals surface area contributed by atoms with Crippen LogP contribution in [0.3, 0.4) is 0 Å². The normalized spacial score (nSPS) is 10.0. The lowest BCUT2D eigenvalue weighted by Crippen LogP contribution is -1.99. The number of nitrogens with zero attached hydrogens (tertiary/aromatic N) is 1. The average molecular weight is 339 g/mol. The van der Waals surface area contributed by atoms with Crippen molar-refractivity contribution in [1.82, 2.24) is 4.98 Å². The Morgan fingerprint density at radius 3 is 2.15 bits per heavy atom. The predicted octanol–water partition coefficient (Wildman–Crippen LogP) is 3.61. The summed E-state index contributed by atoms with van der Waals surface area (Å²) in [5.41, 5.74) is 0.750. The molecule has 0 saturated carbocycles. The summed E-state index contributed by atoms with van der Waals surface area (Å²) in [5, 5.41) is 3.18. The highest BCUT2D eigenvalue weighted by molar-refractivity contribution is 9.10. The topological polar surface area (TPSA) is 52.6 Å². The fraction of sp³-hybridized carbons (Fsp3) is 0.214. The molecule has 0 aliphatic heterocycles. The van der Waals surface area contributed by atoms with Gasteiger partial charge in [-0.2, -0.15) is 0 Å². The van der Waals surface area contributed by atoms with E-state index in [2.05, 4.69) is 26.2 Å². The van der Waals surface area contributed by atoms with E-state index in [-0.39, 0.29) is 0 Å². The van der Waals surface area contributed by atoms with E-state index >= 15 is 0 Å². The van der Waals surface area contributed by atoms with Crippen LogP contribution in [0.1, 0.15) is 0 Å². The predicted molar refractivity (Wildman–Crippen MR) is 81.3 cm³/mol. The van der Waals surface area contributed by atoms with Crippen molar-refractivity contribution in [3.05, 3.63) is 34.9 Å². The number of aromatic nitrogens is 1. The Labute approximate surface area is 126 Å². The highest BCUT2D eigenvalue weighted by atomic mass is 79.9. The average Bonchev–Trinajstić information content (AvgIpc) is 2.49. The molecule has 1 N–H and O–H groups in total. The fourth-order valence-corrected chi connectivity index (χ4v) is 1.95. The van der Waals surface area contributed by atoms with E-state index < -0.39 is 0 Å². The molecule has 0 spiro atoms. The second-order valence-corrected chi connectivity index (χ2v) is 4.81. The highest BCUT2D eigenvalue weighted by Gasteiger charge is 2.12. The van der Waals surface area contributed by atoms with Crippen LogP contribution in [0.4, 0.5) is 11.5 Å². The molecule has 0 aliphatic carbocycles. The minimum absolute atomic E-state index is 0.610. The third-order valence-electron chi connectivity index (χ3n) is 2.70. The molecular weight excluding hydrogens is 324 g/mol. The van der Waals surface area contributed by atoms with E-state index in [0.717, 1.165) is 10.2 Å². The molecule has 1 heterocycles. The number of benzene rings is 1. The van der Waals surface area contributed by atoms with E-state index in [0.29, 0.717) is 23.1 Å². The van der Waals surface area contributed by atoms with Gasteiger partial charge in [-0.1, -0.05) is 0 Å². The zero-order valence-electron chi connectivity index (χ0n) is 11.4. The molecular formula is C14H15BrN2O3. The van der Waals surface area contributed by atoms with Gasteiger partial charge in [0.05, 0.1) is 27.0 Å². The van der Waals surface area contributed by atoms with Crippen LogP contribution in [0, 0.1) is 0 Å². The van der Waals surface area contributed by atoms with Gasteiger partial charge in [0.1, 0.15) is 11.6 Å². The Hall–Kier alpha value is -1.95. The molecule has 2 aromatic rings. The van der Waals surface area contributed by atoms with Gasteiger partial charge in [0, 0.05) is 22.8 Å². The molecule has 0 amide bonds. The summed E-state index contributed by atoms with van der Waals surface area (Å²) in [6, 6.07) is 7.34. The van der Waals surface area contributed by atoms with Crippen molar-refractivity contribution in [2.45, 2.75) is 0 Å². The zero-order chi connectivity index (χ0) is 14.5. The van der Waals surface area contributed by atoms with Gasteiger partial charge in [-0.3, -0.25) is 0 Å². The van der Waals surface area contributed by atoms with E-state index in [1.165, 1.54) is 0 Å². The second-order valence-electron chi connectivity index (χ2n) is 3.89. The molecule has 0 fully saturated rings. The van der Waals surface area contributed by atoms with Gasteiger partial charge in [-0.05, 0) is 28.1 Å². The first kappa shape index (κ1) is 14.5. The molecule has 5 nitrogen and oxygen atoms in total. The van der Waals surface area contributed by atoms with E-state index in [9.17, 15) is 0 Å². The van der Waals surface area contributed by atoms with Crippen LogP contribution >= 0.6 is 15.9 Å². The lowest BCUT2D eigenvalue weighted by Gasteiger charge is -2.15. The summed E-state index contributed by atoms with van der Waals surface area (Å²) in [5.74, 6) is 2.58. The maximum atomic E-state index is 5.35. The van der Waals surface area contributed by atoms with E-state index in [1.54, 1.807) is 39.7 Å². The molecule has 2 rings (SSSR count). The van der Waals surface area contributed by atoms with Crippen LogP contribution in [0.2, 0.25) is 0 Å². The minimum Gasteiger partial charge on any atom is -0.494 e. The standard InChI is InChI=1S/C14H15BrN2O3/c1-18-11-7-13(20-3)12(19-2)6-10(11)17-14-5-4-9(15)8-16-14/h4-8H,1-3H3,(H,16,17). The maximum Gasteiger partial charge on any atom is 0.164 e. The van der Waals surface area contributed by atoms with Crippen LogP contribution in [0.5, 0.6) is 17.2 Å². The van der Waals surface area contributed by atoms with Crippen LogP contribution in [-0.2, 0) is 0 Å². The zero-order valence-corrected chi connectivity index (χ0v) is 13.0. The molecule has 0 saturated heterocycles. The summed E-state index contributed by atoms with van der Waals surface area (Å²) >= 11 is 3.35. The van der Waals surface area contributed by atoms with E-state index in [4.69, 9.17) is 14.2 Å². The van der Waals surface area contributed by atoms with Gasteiger partial charge in [0.25, 0.3) is 0 Å². The van der Waals surface area contributed by atoms with Gasteiger partial charge in [-0.25, -0.2) is 4.98 Å². The van der Waals surface area contributed by atoms with Crippen molar-refractivity contribution in [2.75, 3.05) is 26.6 Å². The summed E-state index contributed by atoms with van der Waals surface area (Å²) in [4.78, 5) is 4.26. The summed E-state index contributed by atoms with van der Waals surface area (Å²) in [7, 11) is 4.77. The Kier molecular flexibility index (Phi) is 4.68. The lowest BCUT2D eigenvalue weighted by molar-refractivity contribution is 0.349. The van der Waals surface area contributed by atoms with Crippen molar-refractivity contribution in [3.63, 3.8) is 0 Å². The number of hydrogen-bond donors (Lipinski definition) is 1. The van der Waals surface area contributed by atoms with E-state index in [1.807, 2.05) is 12.1 Å². The smallest absolute Gasteiger partial charge is 0.164 e. The molecule has 0 atom stereocenters. The second kappa shape index (κ2) is 6.47. The number of anilines is 2. The number of methoxy groups -OCH3 is 3.